The molecule has 5 heterocycles. The van der Waals surface area contributed by atoms with Crippen molar-refractivity contribution < 1.29 is 38.4 Å². The second-order valence-corrected chi connectivity index (χ2v) is 11.8. The molecule has 0 aromatic carbocycles. The van der Waals surface area contributed by atoms with E-state index in [1.165, 1.54) is 4.57 Å². The van der Waals surface area contributed by atoms with Gasteiger partial charge in [0.15, 0.2) is 47.2 Å². The van der Waals surface area contributed by atoms with Crippen molar-refractivity contribution >= 4 is 28.7 Å². The van der Waals surface area contributed by atoms with Gasteiger partial charge in [-0.05, 0) is 38.5 Å². The van der Waals surface area contributed by atoms with Crippen molar-refractivity contribution in [3.63, 3.8) is 0 Å². The van der Waals surface area contributed by atoms with Crippen LogP contribution in [0.15, 0.2) is 4.79 Å². The first-order valence-electron chi connectivity index (χ1n) is 14.8. The number of nitrogens with two attached hydrogens (primary N) is 1. The molecule has 0 spiro atoms. The van der Waals surface area contributed by atoms with Gasteiger partial charge >= 0.3 is 0 Å². The lowest BCUT2D eigenvalue weighted by molar-refractivity contribution is -0.233. The van der Waals surface area contributed by atoms with E-state index in [4.69, 9.17) is 29.4 Å². The second kappa shape index (κ2) is 12.5. The quantitative estimate of drug-likeness (QED) is 0.340. The Balaban J connectivity index is 1.65. The normalized spacial score (nSPS) is 30.4. The molecule has 14 heteroatoms. The second-order valence-electron chi connectivity index (χ2n) is 11.8. The molecule has 3 fully saturated rings. The van der Waals surface area contributed by atoms with Crippen molar-refractivity contribution in [2.45, 2.75) is 103 Å². The van der Waals surface area contributed by atoms with Crippen LogP contribution < -0.4 is 11.3 Å². The summed E-state index contributed by atoms with van der Waals surface area (Å²) >= 11 is 0. The van der Waals surface area contributed by atoms with Gasteiger partial charge in [-0.3, -0.25) is 23.9 Å². The third kappa shape index (κ3) is 5.75. The van der Waals surface area contributed by atoms with Gasteiger partial charge in [0.1, 0.15) is 12.2 Å². The van der Waals surface area contributed by atoms with Gasteiger partial charge in [-0.15, -0.1) is 0 Å². The summed E-state index contributed by atoms with van der Waals surface area (Å²) < 4.78 is 31.6. The number of carbonyl (C=O) groups is 2. The summed E-state index contributed by atoms with van der Waals surface area (Å²) in [5.74, 6) is -2.68. The highest BCUT2D eigenvalue weighted by Crippen LogP contribution is 2.45. The topological polar surface area (TPSA) is 190 Å². The van der Waals surface area contributed by atoms with Crippen LogP contribution in [0.5, 0.6) is 0 Å². The van der Waals surface area contributed by atoms with Gasteiger partial charge in [-0.25, -0.2) is 4.98 Å². The molecule has 3 saturated heterocycles. The highest BCUT2D eigenvalue weighted by atomic mass is 16.7. The van der Waals surface area contributed by atoms with Gasteiger partial charge in [0, 0.05) is 25.0 Å². The Morgan fingerprint density at radius 2 is 1.74 bits per heavy atom. The zero-order valence-electron chi connectivity index (χ0n) is 24.5. The Bertz CT molecular complexity index is 1350. The summed E-state index contributed by atoms with van der Waals surface area (Å²) in [6.45, 7) is 7.60. The standard InChI is InChI=1S/C28H41N5O9/c1-14(2)20(34)24-30-19-23(31-27(29)32-25(19)36)33(24)26-28(37,21(35)15(3)4)22(42-18-10-6-8-12-39-18)16(41-26)13-40-17-9-5-7-11-38-17/h14-18,22,26,37H,5-13H2,1-4H3,(H3,29,31,32,36)/t16-,17?,18?,22-,26-,28+/m1/s1. The number of hydrogen-bond acceptors (Lipinski definition) is 12. The zero-order chi connectivity index (χ0) is 30.2. The van der Waals surface area contributed by atoms with E-state index in [0.717, 1.165) is 25.7 Å². The number of nitrogens with zero attached hydrogens (tertiary/aromatic N) is 3. The highest BCUT2D eigenvalue weighted by Gasteiger charge is 2.64. The van der Waals surface area contributed by atoms with Crippen molar-refractivity contribution in [3.05, 3.63) is 16.2 Å². The number of fused-ring (bicyclic) bond motifs is 1. The van der Waals surface area contributed by atoms with Crippen LogP contribution in [-0.2, 0) is 28.5 Å². The summed E-state index contributed by atoms with van der Waals surface area (Å²) in [6, 6.07) is 0. The van der Waals surface area contributed by atoms with Crippen molar-refractivity contribution in [1.82, 2.24) is 19.5 Å². The first-order valence-corrected chi connectivity index (χ1v) is 14.8. The lowest BCUT2D eigenvalue weighted by Gasteiger charge is -2.37. The average molecular weight is 592 g/mol. The molecule has 0 amide bonds. The lowest BCUT2D eigenvalue weighted by atomic mass is 9.83. The summed E-state index contributed by atoms with van der Waals surface area (Å²) in [4.78, 5) is 51.2. The predicted octanol–water partition coefficient (Wildman–Crippen LogP) is 1.85. The molecule has 2 aromatic rings. The third-order valence-electron chi connectivity index (χ3n) is 7.94. The number of rotatable bonds is 10. The van der Waals surface area contributed by atoms with Crippen molar-refractivity contribution in [1.29, 1.82) is 0 Å². The van der Waals surface area contributed by atoms with Crippen LogP contribution in [0.2, 0.25) is 0 Å². The van der Waals surface area contributed by atoms with Crippen LogP contribution in [-0.4, -0.2) is 86.4 Å². The fourth-order valence-electron chi connectivity index (χ4n) is 5.75. The number of aromatic amines is 1. The number of aromatic nitrogens is 4. The Morgan fingerprint density at radius 1 is 1.07 bits per heavy atom. The van der Waals surface area contributed by atoms with Gasteiger partial charge in [-0.1, -0.05) is 27.7 Å². The Labute approximate surface area is 243 Å². The zero-order valence-corrected chi connectivity index (χ0v) is 24.5. The number of aliphatic hydroxyl groups is 1. The molecular formula is C28H41N5O9. The van der Waals surface area contributed by atoms with Crippen LogP contribution in [0.25, 0.3) is 11.2 Å². The van der Waals surface area contributed by atoms with E-state index in [9.17, 15) is 19.5 Å². The van der Waals surface area contributed by atoms with Gasteiger partial charge in [0.05, 0.1) is 6.61 Å². The van der Waals surface area contributed by atoms with E-state index >= 15 is 0 Å². The number of nitrogens with one attached hydrogen (secondary N) is 1. The fourth-order valence-corrected chi connectivity index (χ4v) is 5.75. The fraction of sp³-hybridized carbons (Fsp3) is 0.750. The summed E-state index contributed by atoms with van der Waals surface area (Å²) in [7, 11) is 0. The number of Topliss-reactive ketones (excluding diaryl/α,β-unsaturated/α-hetero) is 2. The number of hydrogen-bond donors (Lipinski definition) is 3. The molecule has 0 aliphatic carbocycles. The van der Waals surface area contributed by atoms with E-state index < -0.39 is 65.6 Å². The molecule has 3 aliphatic heterocycles. The molecule has 6 atom stereocenters. The molecule has 2 unspecified atom stereocenters. The van der Waals surface area contributed by atoms with E-state index in [2.05, 4.69) is 15.0 Å². The average Bonchev–Trinajstić information content (AvgIpc) is 3.47. The maximum Gasteiger partial charge on any atom is 0.280 e. The van der Waals surface area contributed by atoms with Crippen LogP contribution >= 0.6 is 0 Å². The predicted molar refractivity (Wildman–Crippen MR) is 148 cm³/mol. The summed E-state index contributed by atoms with van der Waals surface area (Å²) in [6.07, 6.45) is -0.141. The number of ketones is 2. The van der Waals surface area contributed by atoms with Crippen molar-refractivity contribution in [3.8, 4) is 0 Å². The molecule has 4 N–H and O–H groups in total. The number of ether oxygens (including phenoxy) is 5. The van der Waals surface area contributed by atoms with Crippen LogP contribution in [0.4, 0.5) is 5.95 Å². The van der Waals surface area contributed by atoms with Gasteiger partial charge in [0.25, 0.3) is 5.56 Å². The Hall–Kier alpha value is -2.75. The molecule has 3 aliphatic rings. The largest absolute Gasteiger partial charge is 0.375 e. The molecule has 42 heavy (non-hydrogen) atoms. The number of imidazole rings is 1. The number of carbonyl (C=O) groups excluding carboxylic acids is 2. The summed E-state index contributed by atoms with van der Waals surface area (Å²) in [5, 5.41) is 12.6. The maximum atomic E-state index is 14.0. The number of nitrogen functional groups attached to an aromatic ring is 1. The Kier molecular flexibility index (Phi) is 9.11. The minimum absolute atomic E-state index is 0.0809. The first-order chi connectivity index (χ1) is 20.0. The van der Waals surface area contributed by atoms with Gasteiger partial charge in [-0.2, -0.15) is 4.98 Å². The van der Waals surface area contributed by atoms with Crippen LogP contribution in [0, 0.1) is 11.8 Å². The SMILES string of the molecule is CC(C)C(=O)c1nc2c(=O)[nH]c(N)nc2n1[C@@H]1O[C@H](COC2CCCCO2)[C@@H](OC2CCCCO2)[C@@]1(O)C(=O)C(C)C. The van der Waals surface area contributed by atoms with Crippen LogP contribution in [0.1, 0.15) is 83.1 Å². The molecule has 0 radical (unpaired) electrons. The highest BCUT2D eigenvalue weighted by molar-refractivity contribution is 5.97. The van der Waals surface area contributed by atoms with Crippen molar-refractivity contribution in [2.75, 3.05) is 25.6 Å². The molecule has 5 rings (SSSR count). The van der Waals surface area contributed by atoms with Gasteiger partial charge in [0.2, 0.25) is 11.7 Å². The van der Waals surface area contributed by atoms with E-state index in [1.54, 1.807) is 27.7 Å². The third-order valence-corrected chi connectivity index (χ3v) is 7.94. The molecule has 14 nitrogen and oxygen atoms in total. The monoisotopic (exact) mass is 591 g/mol. The van der Waals surface area contributed by atoms with E-state index in [1.807, 2.05) is 0 Å². The molecule has 0 bridgehead atoms. The minimum Gasteiger partial charge on any atom is -0.375 e. The van der Waals surface area contributed by atoms with E-state index in [0.29, 0.717) is 26.1 Å². The van der Waals surface area contributed by atoms with Crippen LogP contribution in [0.3, 0.4) is 0 Å². The first kappa shape index (κ1) is 30.7. The van der Waals surface area contributed by atoms with E-state index in [-0.39, 0.29) is 29.5 Å². The molecule has 2 aromatic heterocycles. The Morgan fingerprint density at radius 3 is 2.33 bits per heavy atom. The number of H-pyrrole nitrogens is 1. The molecule has 232 valence electrons. The van der Waals surface area contributed by atoms with Crippen molar-refractivity contribution in [2.24, 2.45) is 11.8 Å². The smallest absolute Gasteiger partial charge is 0.280 e. The lowest BCUT2D eigenvalue weighted by Crippen LogP contribution is -2.57. The maximum absolute atomic E-state index is 14.0. The molecule has 0 saturated carbocycles. The minimum atomic E-state index is -2.35. The molecular weight excluding hydrogens is 550 g/mol. The number of anilines is 1. The van der Waals surface area contributed by atoms with Gasteiger partial charge < -0.3 is 34.5 Å². The summed E-state index contributed by atoms with van der Waals surface area (Å²) in [5.41, 5.74) is 2.57.